The summed E-state index contributed by atoms with van der Waals surface area (Å²) in [5.74, 6) is -0.874. The van der Waals surface area contributed by atoms with E-state index in [4.69, 9.17) is 4.74 Å². The fraction of sp³-hybridized carbons (Fsp3) is 0.429. The molecule has 0 aliphatic rings. The molecular formula is C14H18N2O5. The highest BCUT2D eigenvalue weighted by molar-refractivity contribution is 5.92. The molecule has 0 aliphatic carbocycles. The zero-order valence-corrected chi connectivity index (χ0v) is 12.2. The van der Waals surface area contributed by atoms with Gasteiger partial charge < -0.3 is 10.1 Å². The molecule has 7 nitrogen and oxygen atoms in total. The van der Waals surface area contributed by atoms with Crippen LogP contribution in [0.2, 0.25) is 0 Å². The van der Waals surface area contributed by atoms with Crippen LogP contribution >= 0.6 is 0 Å². The topological polar surface area (TPSA) is 98.5 Å². The monoisotopic (exact) mass is 294 g/mol. The maximum atomic E-state index is 11.7. The first-order chi connectivity index (χ1) is 9.81. The fourth-order valence-corrected chi connectivity index (χ4v) is 1.52. The van der Waals surface area contributed by atoms with E-state index in [0.717, 1.165) is 6.07 Å². The number of nitro benzene ring substituents is 1. The quantitative estimate of drug-likeness (QED) is 0.490. The molecule has 0 bridgehead atoms. The second-order valence-corrected chi connectivity index (χ2v) is 5.03. The number of hydrogen-bond donors (Lipinski definition) is 1. The number of nitrogens with one attached hydrogen (secondary N) is 1. The van der Waals surface area contributed by atoms with E-state index >= 15 is 0 Å². The Kier molecular flexibility index (Phi) is 5.83. The minimum Gasteiger partial charge on any atom is -0.452 e. The second-order valence-electron chi connectivity index (χ2n) is 5.03. The average Bonchev–Trinajstić information content (AvgIpc) is 2.42. The van der Waals surface area contributed by atoms with E-state index in [1.165, 1.54) is 12.1 Å². The van der Waals surface area contributed by atoms with Crippen molar-refractivity contribution in [1.82, 2.24) is 5.32 Å². The van der Waals surface area contributed by atoms with Gasteiger partial charge in [-0.15, -0.1) is 0 Å². The van der Waals surface area contributed by atoms with Gasteiger partial charge in [-0.3, -0.25) is 14.9 Å². The molecule has 0 heterocycles. The van der Waals surface area contributed by atoms with Gasteiger partial charge in [-0.1, -0.05) is 19.9 Å². The number of carbonyl (C=O) groups is 2. The Balaban J connectivity index is 2.62. The largest absolute Gasteiger partial charge is 0.452 e. The maximum absolute atomic E-state index is 11.7. The number of carbonyl (C=O) groups excluding carboxylic acids is 2. The van der Waals surface area contributed by atoms with E-state index in [1.54, 1.807) is 6.92 Å². The summed E-state index contributed by atoms with van der Waals surface area (Å²) in [6, 6.07) is 4.04. The molecule has 1 aromatic carbocycles. The van der Waals surface area contributed by atoms with Gasteiger partial charge in [-0.25, -0.2) is 4.79 Å². The number of ether oxygens (including phenoxy) is 1. The van der Waals surface area contributed by atoms with Crippen molar-refractivity contribution in [2.75, 3.05) is 13.2 Å². The molecule has 114 valence electrons. The predicted octanol–water partition coefficient (Wildman–Crippen LogP) is 1.83. The first kappa shape index (κ1) is 16.6. The molecule has 0 aliphatic heterocycles. The SMILES string of the molecule is Cc1ccc(C(=O)OCC(=O)NCC(C)C)cc1[N+](=O)[O-]. The number of rotatable bonds is 6. The lowest BCUT2D eigenvalue weighted by molar-refractivity contribution is -0.385. The molecule has 21 heavy (non-hydrogen) atoms. The van der Waals surface area contributed by atoms with Crippen LogP contribution in [0, 0.1) is 23.0 Å². The Morgan fingerprint density at radius 3 is 2.62 bits per heavy atom. The second kappa shape index (κ2) is 7.37. The van der Waals surface area contributed by atoms with Gasteiger partial charge in [0.25, 0.3) is 11.6 Å². The molecule has 7 heteroatoms. The molecule has 0 aromatic heterocycles. The number of hydrogen-bond acceptors (Lipinski definition) is 5. The average molecular weight is 294 g/mol. The van der Waals surface area contributed by atoms with Gasteiger partial charge in [0.15, 0.2) is 6.61 Å². The third-order valence-electron chi connectivity index (χ3n) is 2.68. The third-order valence-corrected chi connectivity index (χ3v) is 2.68. The molecule has 0 unspecified atom stereocenters. The number of nitrogens with zero attached hydrogens (tertiary/aromatic N) is 1. The van der Waals surface area contributed by atoms with E-state index in [9.17, 15) is 19.7 Å². The summed E-state index contributed by atoms with van der Waals surface area (Å²) < 4.78 is 4.82. The molecule has 1 amide bonds. The van der Waals surface area contributed by atoms with Crippen LogP contribution in [0.25, 0.3) is 0 Å². The summed E-state index contributed by atoms with van der Waals surface area (Å²) in [5.41, 5.74) is 0.337. The Bertz CT molecular complexity index is 554. The lowest BCUT2D eigenvalue weighted by Crippen LogP contribution is -2.31. The van der Waals surface area contributed by atoms with Crippen LogP contribution in [0.5, 0.6) is 0 Å². The minimum absolute atomic E-state index is 0.0453. The van der Waals surface area contributed by atoms with Crippen molar-refractivity contribution in [3.63, 3.8) is 0 Å². The van der Waals surface area contributed by atoms with Gasteiger partial charge >= 0.3 is 5.97 Å². The summed E-state index contributed by atoms with van der Waals surface area (Å²) in [5, 5.41) is 13.4. The molecular weight excluding hydrogens is 276 g/mol. The molecule has 0 saturated heterocycles. The Hall–Kier alpha value is -2.44. The summed E-state index contributed by atoms with van der Waals surface area (Å²) in [6.07, 6.45) is 0. The molecule has 1 aromatic rings. The van der Waals surface area contributed by atoms with Gasteiger partial charge in [0.05, 0.1) is 10.5 Å². The van der Waals surface area contributed by atoms with E-state index < -0.39 is 23.4 Å². The van der Waals surface area contributed by atoms with Gasteiger partial charge in [-0.2, -0.15) is 0 Å². The molecule has 0 fully saturated rings. The Labute approximate surface area is 122 Å². The number of aryl methyl sites for hydroxylation is 1. The van der Waals surface area contributed by atoms with Gasteiger partial charge in [0, 0.05) is 18.2 Å². The van der Waals surface area contributed by atoms with Crippen LogP contribution in [0.1, 0.15) is 29.8 Å². The first-order valence-corrected chi connectivity index (χ1v) is 6.50. The maximum Gasteiger partial charge on any atom is 0.338 e. The van der Waals surface area contributed by atoms with Crippen molar-refractivity contribution in [1.29, 1.82) is 0 Å². The van der Waals surface area contributed by atoms with Crippen molar-refractivity contribution in [3.8, 4) is 0 Å². The lowest BCUT2D eigenvalue weighted by Gasteiger charge is -2.08. The summed E-state index contributed by atoms with van der Waals surface area (Å²) >= 11 is 0. The van der Waals surface area contributed by atoms with Crippen molar-refractivity contribution in [2.24, 2.45) is 5.92 Å². The smallest absolute Gasteiger partial charge is 0.338 e. The zero-order valence-electron chi connectivity index (χ0n) is 12.2. The molecule has 0 atom stereocenters. The predicted molar refractivity (Wildman–Crippen MR) is 76.0 cm³/mol. The fourth-order valence-electron chi connectivity index (χ4n) is 1.52. The molecule has 1 N–H and O–H groups in total. The highest BCUT2D eigenvalue weighted by Crippen LogP contribution is 2.19. The van der Waals surface area contributed by atoms with Gasteiger partial charge in [-0.05, 0) is 18.9 Å². The molecule has 1 rings (SSSR count). The molecule has 0 radical (unpaired) electrons. The number of amides is 1. The van der Waals surface area contributed by atoms with Crippen molar-refractivity contribution in [3.05, 3.63) is 39.4 Å². The van der Waals surface area contributed by atoms with Crippen LogP contribution < -0.4 is 5.32 Å². The van der Waals surface area contributed by atoms with Gasteiger partial charge in [0.1, 0.15) is 0 Å². The van der Waals surface area contributed by atoms with Crippen molar-refractivity contribution >= 4 is 17.6 Å². The summed E-state index contributed by atoms with van der Waals surface area (Å²) in [6.45, 7) is 5.54. The summed E-state index contributed by atoms with van der Waals surface area (Å²) in [4.78, 5) is 33.4. The van der Waals surface area contributed by atoms with E-state index in [1.807, 2.05) is 13.8 Å². The Morgan fingerprint density at radius 2 is 2.05 bits per heavy atom. The number of nitro groups is 1. The van der Waals surface area contributed by atoms with Crippen molar-refractivity contribution < 1.29 is 19.2 Å². The number of esters is 1. The van der Waals surface area contributed by atoms with Crippen LogP contribution in [0.15, 0.2) is 18.2 Å². The van der Waals surface area contributed by atoms with Crippen LogP contribution in [-0.2, 0) is 9.53 Å². The first-order valence-electron chi connectivity index (χ1n) is 6.50. The highest BCUT2D eigenvalue weighted by Gasteiger charge is 2.16. The van der Waals surface area contributed by atoms with E-state index in [-0.39, 0.29) is 11.3 Å². The third kappa shape index (κ3) is 5.21. The Morgan fingerprint density at radius 1 is 1.38 bits per heavy atom. The van der Waals surface area contributed by atoms with Crippen LogP contribution in [-0.4, -0.2) is 30.0 Å². The normalized spacial score (nSPS) is 10.3. The van der Waals surface area contributed by atoms with Gasteiger partial charge in [0.2, 0.25) is 0 Å². The van der Waals surface area contributed by atoms with Crippen molar-refractivity contribution in [2.45, 2.75) is 20.8 Å². The van der Waals surface area contributed by atoms with Crippen LogP contribution in [0.4, 0.5) is 5.69 Å². The molecule has 0 saturated carbocycles. The summed E-state index contributed by atoms with van der Waals surface area (Å²) in [7, 11) is 0. The van der Waals surface area contributed by atoms with Crippen LogP contribution in [0.3, 0.4) is 0 Å². The standard InChI is InChI=1S/C14H18N2O5/c1-9(2)7-15-13(17)8-21-14(18)11-5-4-10(3)12(6-11)16(19)20/h4-6,9H,7-8H2,1-3H3,(H,15,17). The van der Waals surface area contributed by atoms with E-state index in [2.05, 4.69) is 5.32 Å². The number of benzene rings is 1. The highest BCUT2D eigenvalue weighted by atomic mass is 16.6. The lowest BCUT2D eigenvalue weighted by atomic mass is 10.1. The minimum atomic E-state index is -0.766. The van der Waals surface area contributed by atoms with E-state index in [0.29, 0.717) is 18.0 Å². The zero-order chi connectivity index (χ0) is 16.0. The molecule has 0 spiro atoms.